The van der Waals surface area contributed by atoms with Crippen molar-refractivity contribution in [2.75, 3.05) is 0 Å². The molecule has 0 bridgehead atoms. The Kier molecular flexibility index (Phi) is 8.03. The molecule has 0 radical (unpaired) electrons. The Morgan fingerprint density at radius 3 is 2.00 bits per heavy atom. The molecule has 0 aliphatic rings. The summed E-state index contributed by atoms with van der Waals surface area (Å²) in [5.74, 6) is 0. The van der Waals surface area contributed by atoms with Crippen molar-refractivity contribution in [2.45, 2.75) is 26.7 Å². The summed E-state index contributed by atoms with van der Waals surface area (Å²) < 4.78 is 0. The molecule has 2 N–H and O–H groups in total. The monoisotopic (exact) mass is 292 g/mol. The molecule has 84 valence electrons. The van der Waals surface area contributed by atoms with Gasteiger partial charge in [0, 0.05) is 43.8 Å². The first-order valence-electron chi connectivity index (χ1n) is 5.11. The number of H-pyrrole nitrogens is 2. The van der Waals surface area contributed by atoms with Crippen LogP contribution in [0.4, 0.5) is 0 Å². The van der Waals surface area contributed by atoms with Gasteiger partial charge < -0.3 is 9.97 Å². The first-order chi connectivity index (χ1) is 6.88. The third-order valence-electron chi connectivity index (χ3n) is 2.16. The second-order valence-corrected chi connectivity index (χ2v) is 3.07. The maximum absolute atomic E-state index is 3.21. The average Bonchev–Trinajstić information content (AvgIpc) is 2.91. The minimum Gasteiger partial charge on any atom is -0.368 e. The molecule has 0 saturated heterocycles. The summed E-state index contributed by atoms with van der Waals surface area (Å²) in [6, 6.07) is 6.04. The third-order valence-corrected chi connectivity index (χ3v) is 2.16. The van der Waals surface area contributed by atoms with Crippen LogP contribution in [0.2, 0.25) is 0 Å². The van der Waals surface area contributed by atoms with E-state index in [-0.39, 0.29) is 19.5 Å². The molecular formula is C12H18N2Ru. The molecule has 15 heavy (non-hydrogen) atoms. The molecule has 2 heterocycles. The molecule has 2 aromatic rings. The van der Waals surface area contributed by atoms with Crippen LogP contribution in [0.3, 0.4) is 0 Å². The SMILES string of the molecule is CCc1cc[nH]c1CC.[Ru].c1cc[nH]c1. The molecule has 0 spiro atoms. The fraction of sp³-hybridized carbons (Fsp3) is 0.333. The third kappa shape index (κ3) is 4.99. The summed E-state index contributed by atoms with van der Waals surface area (Å²) >= 11 is 0. The molecular weight excluding hydrogens is 273 g/mol. The zero-order valence-electron chi connectivity index (χ0n) is 9.23. The van der Waals surface area contributed by atoms with E-state index in [2.05, 4.69) is 29.9 Å². The summed E-state index contributed by atoms with van der Waals surface area (Å²) in [6.45, 7) is 4.35. The van der Waals surface area contributed by atoms with Gasteiger partial charge in [0.2, 0.25) is 0 Å². The molecule has 0 aliphatic carbocycles. The van der Waals surface area contributed by atoms with Crippen LogP contribution in [0.1, 0.15) is 25.1 Å². The average molecular weight is 291 g/mol. The number of aromatic amines is 2. The Hall–Kier alpha value is -0.817. The van der Waals surface area contributed by atoms with Crippen LogP contribution >= 0.6 is 0 Å². The maximum atomic E-state index is 3.21. The summed E-state index contributed by atoms with van der Waals surface area (Å²) in [7, 11) is 0. The van der Waals surface area contributed by atoms with Crippen LogP contribution < -0.4 is 0 Å². The first kappa shape index (κ1) is 14.2. The van der Waals surface area contributed by atoms with E-state index in [1.54, 1.807) is 0 Å². The predicted molar refractivity (Wildman–Crippen MR) is 60.3 cm³/mol. The van der Waals surface area contributed by atoms with E-state index in [4.69, 9.17) is 0 Å². The molecule has 0 unspecified atom stereocenters. The van der Waals surface area contributed by atoms with Crippen LogP contribution in [0.5, 0.6) is 0 Å². The quantitative estimate of drug-likeness (QED) is 0.797. The van der Waals surface area contributed by atoms with Crippen LogP contribution in [0.25, 0.3) is 0 Å². The summed E-state index contributed by atoms with van der Waals surface area (Å²) in [6.07, 6.45) is 8.03. The zero-order valence-corrected chi connectivity index (χ0v) is 11.0. The van der Waals surface area contributed by atoms with Gasteiger partial charge in [-0.3, -0.25) is 0 Å². The number of nitrogens with one attached hydrogen (secondary N) is 2. The summed E-state index contributed by atoms with van der Waals surface area (Å²) in [5.41, 5.74) is 2.84. The topological polar surface area (TPSA) is 31.6 Å². The molecule has 3 heteroatoms. The molecule has 0 aliphatic heterocycles. The van der Waals surface area contributed by atoms with E-state index in [9.17, 15) is 0 Å². The van der Waals surface area contributed by atoms with E-state index in [1.807, 2.05) is 30.7 Å². The van der Waals surface area contributed by atoms with Crippen molar-refractivity contribution in [3.8, 4) is 0 Å². The summed E-state index contributed by atoms with van der Waals surface area (Å²) in [4.78, 5) is 6.07. The van der Waals surface area contributed by atoms with E-state index in [0.29, 0.717) is 0 Å². The Balaban J connectivity index is 0.000000280. The number of aromatic nitrogens is 2. The second kappa shape index (κ2) is 8.49. The van der Waals surface area contributed by atoms with Crippen molar-refractivity contribution in [1.82, 2.24) is 9.97 Å². The van der Waals surface area contributed by atoms with Gasteiger partial charge in [-0.25, -0.2) is 0 Å². The van der Waals surface area contributed by atoms with Gasteiger partial charge in [-0.05, 0) is 36.6 Å². The second-order valence-electron chi connectivity index (χ2n) is 3.07. The molecule has 0 amide bonds. The molecule has 0 atom stereocenters. The largest absolute Gasteiger partial charge is 0.368 e. The van der Waals surface area contributed by atoms with Crippen molar-refractivity contribution in [1.29, 1.82) is 0 Å². The number of aryl methyl sites for hydroxylation is 2. The standard InChI is InChI=1S/C8H13N.C4H5N.Ru/c1-3-7-5-6-9-8(7)4-2;1-2-4-5-3-1;/h5-6,9H,3-4H2,1-2H3;1-5H;. The first-order valence-corrected chi connectivity index (χ1v) is 5.11. The van der Waals surface area contributed by atoms with E-state index >= 15 is 0 Å². The van der Waals surface area contributed by atoms with Crippen LogP contribution in [-0.4, -0.2) is 9.97 Å². The fourth-order valence-corrected chi connectivity index (χ4v) is 1.37. The van der Waals surface area contributed by atoms with Gasteiger partial charge in [0.25, 0.3) is 0 Å². The Labute approximate surface area is 104 Å². The molecule has 2 rings (SSSR count). The fourth-order valence-electron chi connectivity index (χ4n) is 1.37. The molecule has 0 aromatic carbocycles. The minimum atomic E-state index is 0. The van der Waals surface area contributed by atoms with Gasteiger partial charge in [-0.2, -0.15) is 0 Å². The number of hydrogen-bond acceptors (Lipinski definition) is 0. The van der Waals surface area contributed by atoms with Crippen molar-refractivity contribution in [3.05, 3.63) is 48.0 Å². The number of rotatable bonds is 2. The van der Waals surface area contributed by atoms with E-state index in [0.717, 1.165) is 12.8 Å². The van der Waals surface area contributed by atoms with E-state index in [1.165, 1.54) is 11.3 Å². The van der Waals surface area contributed by atoms with Crippen molar-refractivity contribution >= 4 is 0 Å². The smallest absolute Gasteiger partial charge is 0.0176 e. The molecule has 2 aromatic heterocycles. The van der Waals surface area contributed by atoms with Crippen molar-refractivity contribution in [3.63, 3.8) is 0 Å². The molecule has 0 fully saturated rings. The maximum Gasteiger partial charge on any atom is 0.0176 e. The van der Waals surface area contributed by atoms with Crippen LogP contribution in [0.15, 0.2) is 36.8 Å². The number of hydrogen-bond donors (Lipinski definition) is 2. The van der Waals surface area contributed by atoms with Gasteiger partial charge in [0.05, 0.1) is 0 Å². The summed E-state index contributed by atoms with van der Waals surface area (Å²) in [5, 5.41) is 0. The van der Waals surface area contributed by atoms with Gasteiger partial charge in [0.15, 0.2) is 0 Å². The normalized spacial score (nSPS) is 8.67. The predicted octanol–water partition coefficient (Wildman–Crippen LogP) is 3.15. The van der Waals surface area contributed by atoms with Gasteiger partial charge in [-0.15, -0.1) is 0 Å². The van der Waals surface area contributed by atoms with Gasteiger partial charge in [0.1, 0.15) is 0 Å². The Morgan fingerprint density at radius 2 is 1.67 bits per heavy atom. The zero-order chi connectivity index (χ0) is 10.2. The molecule has 0 saturated carbocycles. The van der Waals surface area contributed by atoms with Gasteiger partial charge >= 0.3 is 0 Å². The molecule has 2 nitrogen and oxygen atoms in total. The van der Waals surface area contributed by atoms with E-state index < -0.39 is 0 Å². The van der Waals surface area contributed by atoms with Crippen LogP contribution in [0, 0.1) is 0 Å². The van der Waals surface area contributed by atoms with Gasteiger partial charge in [-0.1, -0.05) is 13.8 Å². The Morgan fingerprint density at radius 1 is 1.00 bits per heavy atom. The minimum absolute atomic E-state index is 0. The van der Waals surface area contributed by atoms with Crippen LogP contribution in [-0.2, 0) is 32.3 Å². The Bertz CT molecular complexity index is 289. The van der Waals surface area contributed by atoms with Crippen molar-refractivity contribution in [2.24, 2.45) is 0 Å². The van der Waals surface area contributed by atoms with Crippen molar-refractivity contribution < 1.29 is 19.5 Å².